The van der Waals surface area contributed by atoms with E-state index < -0.39 is 12.0 Å². The molecule has 0 spiro atoms. The van der Waals surface area contributed by atoms with Gasteiger partial charge >= 0.3 is 5.97 Å². The third-order valence-electron chi connectivity index (χ3n) is 2.07. The Labute approximate surface area is 104 Å². The van der Waals surface area contributed by atoms with E-state index in [1.54, 1.807) is 24.3 Å². The zero-order chi connectivity index (χ0) is 12.8. The van der Waals surface area contributed by atoms with Crippen molar-refractivity contribution in [2.45, 2.75) is 13.0 Å². The number of benzene rings is 1. The van der Waals surface area contributed by atoms with Crippen LogP contribution in [-0.2, 0) is 9.59 Å². The van der Waals surface area contributed by atoms with Crippen LogP contribution in [0.1, 0.15) is 6.92 Å². The molecule has 6 heteroatoms. The molecule has 0 heterocycles. The standard InChI is InChI=1S/C11H13ClN2O3/c1-7(11(16)17)13-6-10(15)14-9-4-2-8(12)3-5-9/h2-5,7,13H,6H2,1H3,(H,14,15)(H,16,17)/t7-/m0/s1. The van der Waals surface area contributed by atoms with Gasteiger partial charge in [0.25, 0.3) is 0 Å². The molecule has 0 saturated heterocycles. The zero-order valence-corrected chi connectivity index (χ0v) is 9.99. The van der Waals surface area contributed by atoms with E-state index in [1.807, 2.05) is 0 Å². The molecular formula is C11H13ClN2O3. The fourth-order valence-electron chi connectivity index (χ4n) is 1.07. The summed E-state index contributed by atoms with van der Waals surface area (Å²) in [7, 11) is 0. The second-order valence-electron chi connectivity index (χ2n) is 3.50. The monoisotopic (exact) mass is 256 g/mol. The molecule has 0 fully saturated rings. The summed E-state index contributed by atoms with van der Waals surface area (Å²) in [6, 6.07) is 5.89. The zero-order valence-electron chi connectivity index (χ0n) is 9.24. The number of halogens is 1. The molecule has 0 unspecified atom stereocenters. The molecule has 0 saturated carbocycles. The molecule has 92 valence electrons. The Kier molecular flexibility index (Phi) is 4.93. The lowest BCUT2D eigenvalue weighted by atomic mass is 10.3. The number of carbonyl (C=O) groups is 2. The van der Waals surface area contributed by atoms with Gasteiger partial charge in [0, 0.05) is 10.7 Å². The Morgan fingerprint density at radius 2 is 1.94 bits per heavy atom. The predicted octanol–water partition coefficient (Wildman–Crippen LogP) is 1.34. The molecule has 1 aromatic carbocycles. The molecule has 1 rings (SSSR count). The summed E-state index contributed by atoms with van der Waals surface area (Å²) in [6.45, 7) is 1.41. The molecule has 1 amide bonds. The summed E-state index contributed by atoms with van der Waals surface area (Å²) in [6.07, 6.45) is 0. The fraction of sp³-hybridized carbons (Fsp3) is 0.273. The molecule has 1 atom stereocenters. The van der Waals surface area contributed by atoms with Gasteiger partial charge in [-0.05, 0) is 31.2 Å². The highest BCUT2D eigenvalue weighted by molar-refractivity contribution is 6.30. The number of carboxylic acids is 1. The molecule has 5 nitrogen and oxygen atoms in total. The molecule has 3 N–H and O–H groups in total. The Morgan fingerprint density at radius 3 is 2.47 bits per heavy atom. The van der Waals surface area contributed by atoms with E-state index >= 15 is 0 Å². The third kappa shape index (κ3) is 4.84. The summed E-state index contributed by atoms with van der Waals surface area (Å²) in [5, 5.41) is 14.4. The summed E-state index contributed by atoms with van der Waals surface area (Å²) in [5.74, 6) is -1.30. The van der Waals surface area contributed by atoms with Crippen LogP contribution < -0.4 is 10.6 Å². The van der Waals surface area contributed by atoms with Gasteiger partial charge in [0.1, 0.15) is 6.04 Å². The average Bonchev–Trinajstić information content (AvgIpc) is 2.29. The van der Waals surface area contributed by atoms with E-state index in [-0.39, 0.29) is 12.5 Å². The van der Waals surface area contributed by atoms with Crippen LogP contribution in [0.15, 0.2) is 24.3 Å². The summed E-state index contributed by atoms with van der Waals surface area (Å²) < 4.78 is 0. The van der Waals surface area contributed by atoms with Gasteiger partial charge in [-0.3, -0.25) is 14.9 Å². The van der Waals surface area contributed by atoms with E-state index in [9.17, 15) is 9.59 Å². The van der Waals surface area contributed by atoms with Crippen LogP contribution in [0.5, 0.6) is 0 Å². The Balaban J connectivity index is 2.39. The van der Waals surface area contributed by atoms with Gasteiger partial charge in [-0.1, -0.05) is 11.6 Å². The summed E-state index contributed by atoms with van der Waals surface area (Å²) in [4.78, 5) is 21.9. The maximum Gasteiger partial charge on any atom is 0.320 e. The SMILES string of the molecule is C[C@H](NCC(=O)Nc1ccc(Cl)cc1)C(=O)O. The molecule has 0 radical (unpaired) electrons. The number of nitrogens with one attached hydrogen (secondary N) is 2. The average molecular weight is 257 g/mol. The molecule has 0 aliphatic carbocycles. The van der Waals surface area contributed by atoms with E-state index in [1.165, 1.54) is 6.92 Å². The lowest BCUT2D eigenvalue weighted by Gasteiger charge is -2.09. The number of aliphatic carboxylic acids is 1. The Bertz CT molecular complexity index is 406. The van der Waals surface area contributed by atoms with Gasteiger partial charge in [-0.25, -0.2) is 0 Å². The van der Waals surface area contributed by atoms with Crippen molar-refractivity contribution in [2.24, 2.45) is 0 Å². The minimum atomic E-state index is -0.996. The van der Waals surface area contributed by atoms with Crippen molar-refractivity contribution in [1.82, 2.24) is 5.32 Å². The first-order valence-corrected chi connectivity index (χ1v) is 5.38. The number of amides is 1. The van der Waals surface area contributed by atoms with Crippen LogP contribution in [0, 0.1) is 0 Å². The van der Waals surface area contributed by atoms with Crippen LogP contribution in [-0.4, -0.2) is 29.6 Å². The van der Waals surface area contributed by atoms with Gasteiger partial charge in [-0.15, -0.1) is 0 Å². The van der Waals surface area contributed by atoms with Crippen LogP contribution >= 0.6 is 11.6 Å². The maximum absolute atomic E-state index is 11.4. The van der Waals surface area contributed by atoms with Crippen LogP contribution in [0.2, 0.25) is 5.02 Å². The number of carbonyl (C=O) groups excluding carboxylic acids is 1. The molecule has 0 bridgehead atoms. The van der Waals surface area contributed by atoms with Gasteiger partial charge in [0.2, 0.25) is 5.91 Å². The number of carboxylic acid groups (broad SMARTS) is 1. The molecule has 0 aliphatic rings. The van der Waals surface area contributed by atoms with Crippen molar-refractivity contribution >= 4 is 29.2 Å². The summed E-state index contributed by atoms with van der Waals surface area (Å²) >= 11 is 5.70. The molecule has 17 heavy (non-hydrogen) atoms. The highest BCUT2D eigenvalue weighted by Crippen LogP contribution is 2.12. The van der Waals surface area contributed by atoms with E-state index in [0.29, 0.717) is 10.7 Å². The van der Waals surface area contributed by atoms with Crippen molar-refractivity contribution in [3.8, 4) is 0 Å². The minimum Gasteiger partial charge on any atom is -0.480 e. The minimum absolute atomic E-state index is 0.0594. The van der Waals surface area contributed by atoms with Crippen LogP contribution in [0.4, 0.5) is 5.69 Å². The largest absolute Gasteiger partial charge is 0.480 e. The first kappa shape index (κ1) is 13.5. The molecule has 1 aromatic rings. The fourth-order valence-corrected chi connectivity index (χ4v) is 1.20. The molecule has 0 aliphatic heterocycles. The lowest BCUT2D eigenvalue weighted by molar-refractivity contribution is -0.139. The second-order valence-corrected chi connectivity index (χ2v) is 3.93. The Morgan fingerprint density at radius 1 is 1.35 bits per heavy atom. The predicted molar refractivity (Wildman–Crippen MR) is 65.2 cm³/mol. The number of hydrogen-bond donors (Lipinski definition) is 3. The third-order valence-corrected chi connectivity index (χ3v) is 2.32. The topological polar surface area (TPSA) is 78.4 Å². The van der Waals surface area contributed by atoms with Crippen molar-refractivity contribution in [3.63, 3.8) is 0 Å². The molecular weight excluding hydrogens is 244 g/mol. The smallest absolute Gasteiger partial charge is 0.320 e. The van der Waals surface area contributed by atoms with Crippen molar-refractivity contribution in [3.05, 3.63) is 29.3 Å². The van der Waals surface area contributed by atoms with Crippen molar-refractivity contribution in [2.75, 3.05) is 11.9 Å². The number of rotatable bonds is 5. The van der Waals surface area contributed by atoms with E-state index in [2.05, 4.69) is 10.6 Å². The lowest BCUT2D eigenvalue weighted by Crippen LogP contribution is -2.39. The van der Waals surface area contributed by atoms with Crippen molar-refractivity contribution < 1.29 is 14.7 Å². The van der Waals surface area contributed by atoms with Crippen LogP contribution in [0.3, 0.4) is 0 Å². The highest BCUT2D eigenvalue weighted by atomic mass is 35.5. The first-order chi connectivity index (χ1) is 7.99. The first-order valence-electron chi connectivity index (χ1n) is 5.00. The quantitative estimate of drug-likeness (QED) is 0.743. The number of hydrogen-bond acceptors (Lipinski definition) is 3. The highest BCUT2D eigenvalue weighted by Gasteiger charge is 2.11. The Hall–Kier alpha value is -1.59. The van der Waals surface area contributed by atoms with Gasteiger partial charge in [-0.2, -0.15) is 0 Å². The van der Waals surface area contributed by atoms with E-state index in [0.717, 1.165) is 0 Å². The second kappa shape index (κ2) is 6.22. The van der Waals surface area contributed by atoms with Gasteiger partial charge in [0.15, 0.2) is 0 Å². The maximum atomic E-state index is 11.4. The van der Waals surface area contributed by atoms with Gasteiger partial charge in [0.05, 0.1) is 6.54 Å². The summed E-state index contributed by atoms with van der Waals surface area (Å²) in [5.41, 5.74) is 0.615. The number of anilines is 1. The molecule has 0 aromatic heterocycles. The van der Waals surface area contributed by atoms with Crippen LogP contribution in [0.25, 0.3) is 0 Å². The van der Waals surface area contributed by atoms with Crippen molar-refractivity contribution in [1.29, 1.82) is 0 Å². The van der Waals surface area contributed by atoms with E-state index in [4.69, 9.17) is 16.7 Å². The normalized spacial score (nSPS) is 11.9. The van der Waals surface area contributed by atoms with Gasteiger partial charge < -0.3 is 10.4 Å².